The van der Waals surface area contributed by atoms with Crippen LogP contribution in [0.4, 0.5) is 17.1 Å². The Morgan fingerprint density at radius 3 is 2.37 bits per heavy atom. The molecule has 2 saturated heterocycles. The van der Waals surface area contributed by atoms with E-state index in [2.05, 4.69) is 24.1 Å². The van der Waals surface area contributed by atoms with E-state index < -0.39 is 0 Å². The van der Waals surface area contributed by atoms with Crippen LogP contribution in [-0.4, -0.2) is 54.8 Å². The van der Waals surface area contributed by atoms with Crippen molar-refractivity contribution in [3.63, 3.8) is 0 Å². The van der Waals surface area contributed by atoms with Crippen LogP contribution in [0.1, 0.15) is 67.8 Å². The molecule has 0 spiro atoms. The van der Waals surface area contributed by atoms with Crippen molar-refractivity contribution >= 4 is 34.8 Å². The van der Waals surface area contributed by atoms with Gasteiger partial charge in [0.05, 0.1) is 11.4 Å². The molecule has 0 unspecified atom stereocenters. The maximum Gasteiger partial charge on any atom is 0.253 e. The van der Waals surface area contributed by atoms with Crippen molar-refractivity contribution in [2.45, 2.75) is 57.9 Å². The number of carbonyl (C=O) groups is 3. The number of fused-ring (bicyclic) bond motifs is 3. The van der Waals surface area contributed by atoms with Gasteiger partial charge in [-0.3, -0.25) is 19.3 Å². The summed E-state index contributed by atoms with van der Waals surface area (Å²) in [5.74, 6) is 0.0988. The summed E-state index contributed by atoms with van der Waals surface area (Å²) in [5, 5.41) is 2.94. The summed E-state index contributed by atoms with van der Waals surface area (Å²) in [5.41, 5.74) is 4.07. The Morgan fingerprint density at radius 2 is 1.66 bits per heavy atom. The maximum absolute atomic E-state index is 13.6. The SMILES string of the molecule is CC(C)c1ccc(NC(=O)CN2C(=O)[C@H]3CCCCN3c3ccc(C(=O)N4CCCC4)cc32)cc1. The fraction of sp³-hybridized carbons (Fsp3) is 0.464. The van der Waals surface area contributed by atoms with Crippen LogP contribution in [-0.2, 0) is 9.59 Å². The smallest absolute Gasteiger partial charge is 0.253 e. The van der Waals surface area contributed by atoms with Crippen molar-refractivity contribution in [3.8, 4) is 0 Å². The highest BCUT2D eigenvalue weighted by molar-refractivity contribution is 6.11. The second-order valence-electron chi connectivity index (χ2n) is 10.2. The zero-order valence-electron chi connectivity index (χ0n) is 20.6. The number of amides is 3. The van der Waals surface area contributed by atoms with E-state index >= 15 is 0 Å². The first-order valence-corrected chi connectivity index (χ1v) is 12.8. The number of carbonyl (C=O) groups excluding carboxylic acids is 3. The lowest BCUT2D eigenvalue weighted by molar-refractivity contribution is -0.123. The molecule has 2 aromatic rings. The molecule has 1 atom stereocenters. The van der Waals surface area contributed by atoms with Crippen molar-refractivity contribution in [1.82, 2.24) is 4.90 Å². The van der Waals surface area contributed by atoms with Gasteiger partial charge in [0, 0.05) is 30.9 Å². The van der Waals surface area contributed by atoms with Gasteiger partial charge in [0.15, 0.2) is 0 Å². The first-order chi connectivity index (χ1) is 16.9. The van der Waals surface area contributed by atoms with Crippen molar-refractivity contribution in [2.75, 3.05) is 41.3 Å². The molecule has 1 N–H and O–H groups in total. The predicted molar refractivity (Wildman–Crippen MR) is 138 cm³/mol. The van der Waals surface area contributed by atoms with Gasteiger partial charge < -0.3 is 15.1 Å². The van der Waals surface area contributed by atoms with Crippen molar-refractivity contribution in [3.05, 3.63) is 53.6 Å². The number of hydrogen-bond donors (Lipinski definition) is 1. The summed E-state index contributed by atoms with van der Waals surface area (Å²) in [6.07, 6.45) is 4.85. The van der Waals surface area contributed by atoms with Crippen molar-refractivity contribution in [2.24, 2.45) is 0 Å². The predicted octanol–water partition coefficient (Wildman–Crippen LogP) is 4.39. The molecule has 184 valence electrons. The third kappa shape index (κ3) is 4.64. The van der Waals surface area contributed by atoms with Crippen molar-refractivity contribution < 1.29 is 14.4 Å². The van der Waals surface area contributed by atoms with E-state index in [1.54, 1.807) is 4.90 Å². The summed E-state index contributed by atoms with van der Waals surface area (Å²) < 4.78 is 0. The van der Waals surface area contributed by atoms with Gasteiger partial charge in [-0.1, -0.05) is 26.0 Å². The molecule has 3 aliphatic heterocycles. The standard InChI is InChI=1S/C28H34N4O3/c1-19(2)20-8-11-22(12-9-20)29-26(33)18-32-25-17-21(27(34)30-14-5-6-15-30)10-13-23(25)31-16-4-3-7-24(31)28(32)35/h8-13,17,19,24H,3-7,14-16,18H2,1-2H3,(H,29,33)/t24-/m1/s1. The third-order valence-corrected chi connectivity index (χ3v) is 7.43. The van der Waals surface area contributed by atoms with Gasteiger partial charge in [0.1, 0.15) is 12.6 Å². The molecule has 0 saturated carbocycles. The molecule has 0 aromatic heterocycles. The molecule has 3 amide bonds. The Morgan fingerprint density at radius 1 is 0.943 bits per heavy atom. The zero-order chi connectivity index (χ0) is 24.5. The molecule has 0 aliphatic carbocycles. The first-order valence-electron chi connectivity index (χ1n) is 12.8. The molecular formula is C28H34N4O3. The highest BCUT2D eigenvalue weighted by atomic mass is 16.2. The van der Waals surface area contributed by atoms with Crippen LogP contribution >= 0.6 is 0 Å². The van der Waals surface area contributed by atoms with Gasteiger partial charge in [0.25, 0.3) is 5.91 Å². The van der Waals surface area contributed by atoms with Gasteiger partial charge in [-0.15, -0.1) is 0 Å². The summed E-state index contributed by atoms with van der Waals surface area (Å²) in [6, 6.07) is 13.2. The Bertz CT molecular complexity index is 1120. The van der Waals surface area contributed by atoms with Crippen LogP contribution in [0.15, 0.2) is 42.5 Å². The van der Waals surface area contributed by atoms with Crippen LogP contribution < -0.4 is 15.1 Å². The molecule has 35 heavy (non-hydrogen) atoms. The minimum absolute atomic E-state index is 0.00633. The van der Waals surface area contributed by atoms with Crippen LogP contribution in [0.2, 0.25) is 0 Å². The number of benzene rings is 2. The number of hydrogen-bond acceptors (Lipinski definition) is 4. The molecular weight excluding hydrogens is 440 g/mol. The summed E-state index contributed by atoms with van der Waals surface area (Å²) >= 11 is 0. The van der Waals surface area contributed by atoms with Gasteiger partial charge in [-0.25, -0.2) is 0 Å². The number of anilines is 3. The molecule has 3 heterocycles. The van der Waals surface area contributed by atoms with Gasteiger partial charge in [-0.05, 0) is 73.9 Å². The Hall–Kier alpha value is -3.35. The van der Waals surface area contributed by atoms with E-state index in [1.807, 2.05) is 47.4 Å². The number of rotatable bonds is 5. The number of piperidine rings is 1. The monoisotopic (exact) mass is 474 g/mol. The highest BCUT2D eigenvalue weighted by Gasteiger charge is 2.40. The summed E-state index contributed by atoms with van der Waals surface area (Å²) in [6.45, 7) is 6.53. The van der Waals surface area contributed by atoms with Gasteiger partial charge in [-0.2, -0.15) is 0 Å². The lowest BCUT2D eigenvalue weighted by atomic mass is 9.95. The van der Waals surface area contributed by atoms with Crippen molar-refractivity contribution in [1.29, 1.82) is 0 Å². The minimum Gasteiger partial charge on any atom is -0.358 e. The lowest BCUT2D eigenvalue weighted by Gasteiger charge is -2.45. The van der Waals surface area contributed by atoms with E-state index in [0.29, 0.717) is 22.9 Å². The maximum atomic E-state index is 13.6. The average molecular weight is 475 g/mol. The van der Waals surface area contributed by atoms with E-state index in [-0.39, 0.29) is 30.3 Å². The van der Waals surface area contributed by atoms with E-state index in [4.69, 9.17) is 0 Å². The molecule has 7 heteroatoms. The lowest BCUT2D eigenvalue weighted by Crippen LogP contribution is -2.56. The fourth-order valence-electron chi connectivity index (χ4n) is 5.45. The molecule has 2 aromatic carbocycles. The Balaban J connectivity index is 1.41. The van der Waals surface area contributed by atoms with E-state index in [9.17, 15) is 14.4 Å². The molecule has 0 radical (unpaired) electrons. The second kappa shape index (κ2) is 9.72. The normalized spacial score (nSPS) is 19.6. The molecule has 3 aliphatic rings. The summed E-state index contributed by atoms with van der Waals surface area (Å²) in [4.78, 5) is 45.3. The number of nitrogens with one attached hydrogen (secondary N) is 1. The van der Waals surface area contributed by atoms with Gasteiger partial charge in [0.2, 0.25) is 11.8 Å². The topological polar surface area (TPSA) is 73.0 Å². The van der Waals surface area contributed by atoms with E-state index in [1.165, 1.54) is 5.56 Å². The Kier molecular flexibility index (Phi) is 6.50. The molecule has 2 fully saturated rings. The first kappa shape index (κ1) is 23.4. The average Bonchev–Trinajstić information content (AvgIpc) is 3.41. The Labute approximate surface area is 207 Å². The van der Waals surface area contributed by atoms with E-state index in [0.717, 1.165) is 57.4 Å². The quantitative estimate of drug-likeness (QED) is 0.698. The van der Waals surface area contributed by atoms with Crippen LogP contribution in [0.3, 0.4) is 0 Å². The minimum atomic E-state index is -0.255. The van der Waals surface area contributed by atoms with Crippen LogP contribution in [0.5, 0.6) is 0 Å². The molecule has 0 bridgehead atoms. The zero-order valence-corrected chi connectivity index (χ0v) is 20.6. The molecule has 5 rings (SSSR count). The number of likely N-dealkylation sites (tertiary alicyclic amines) is 1. The third-order valence-electron chi connectivity index (χ3n) is 7.43. The van der Waals surface area contributed by atoms with Gasteiger partial charge >= 0.3 is 0 Å². The number of nitrogens with zero attached hydrogens (tertiary/aromatic N) is 3. The van der Waals surface area contributed by atoms with Crippen LogP contribution in [0, 0.1) is 0 Å². The second-order valence-corrected chi connectivity index (χ2v) is 10.2. The van der Waals surface area contributed by atoms with Crippen LogP contribution in [0.25, 0.3) is 0 Å². The molecule has 7 nitrogen and oxygen atoms in total. The highest BCUT2D eigenvalue weighted by Crippen LogP contribution is 2.40. The largest absolute Gasteiger partial charge is 0.358 e. The fourth-order valence-corrected chi connectivity index (χ4v) is 5.45. The summed E-state index contributed by atoms with van der Waals surface area (Å²) in [7, 11) is 0.